The van der Waals surface area contributed by atoms with E-state index in [9.17, 15) is 0 Å². The molecule has 11 heteroatoms. The molecule has 1 unspecified atom stereocenters. The van der Waals surface area contributed by atoms with Gasteiger partial charge < -0.3 is 24.7 Å². The standard InChI is InChI=1S/C16H31BO2.C8H18BNO2.2CO2.CH4/c1-12-10-13(2)14(11-12)8-7-9-17-18-15(3,4)16(5,6)19-17;1-7-5-8(6-10-7)3-2-4-9(11)12;2*2-1-3;/h12-14H,7-11H2,1-6H3;7-8,10-12H,2-6H2,1H3;;;1H4/t12?,13-,14+;7-,8-;;;/m01.../s1. The Morgan fingerprint density at radius 1 is 0.895 bits per heavy atom. The van der Waals surface area contributed by atoms with Crippen molar-refractivity contribution in [2.45, 2.75) is 131 Å². The fourth-order valence-electron chi connectivity index (χ4n) is 5.55. The molecule has 0 aromatic rings. The minimum atomic E-state index is -1.11. The van der Waals surface area contributed by atoms with Crippen molar-refractivity contribution in [3.05, 3.63) is 0 Å². The molecule has 3 rings (SSSR count). The van der Waals surface area contributed by atoms with Crippen LogP contribution in [0.3, 0.4) is 0 Å². The average Bonchev–Trinajstić information content (AvgIpc) is 3.38. The van der Waals surface area contributed by atoms with Crippen molar-refractivity contribution in [2.24, 2.45) is 23.7 Å². The number of hydrogen-bond donors (Lipinski definition) is 3. The maximum Gasteiger partial charge on any atom is 0.457 e. The number of rotatable bonds is 8. The molecule has 0 aromatic heterocycles. The smallest absolute Gasteiger partial charge is 0.427 e. The van der Waals surface area contributed by atoms with Crippen LogP contribution in [0.5, 0.6) is 0 Å². The van der Waals surface area contributed by atoms with Crippen LogP contribution in [0.1, 0.15) is 101 Å². The number of nitrogens with one attached hydrogen (secondary N) is 1. The Balaban J connectivity index is 0. The van der Waals surface area contributed by atoms with Crippen molar-refractivity contribution in [3.8, 4) is 0 Å². The van der Waals surface area contributed by atoms with Crippen molar-refractivity contribution >= 4 is 26.5 Å². The van der Waals surface area contributed by atoms with Gasteiger partial charge in [0.2, 0.25) is 0 Å². The molecule has 0 radical (unpaired) electrons. The van der Waals surface area contributed by atoms with E-state index in [1.54, 1.807) is 0 Å². The highest BCUT2D eigenvalue weighted by atomic mass is 16.7. The SMILES string of the molecule is C.CC1C[C@@H](CCCB2OC(C)(C)C(C)(C)O2)[C@@H](C)C1.C[C@@H]1C[C@@H](CCCB(O)O)CN1.O=C=O.O=C=O. The maximum atomic E-state index is 8.62. The predicted molar refractivity (Wildman–Crippen MR) is 148 cm³/mol. The first-order valence-electron chi connectivity index (χ1n) is 13.7. The molecule has 3 fully saturated rings. The lowest BCUT2D eigenvalue weighted by molar-refractivity contribution is -0.193. The zero-order valence-corrected chi connectivity index (χ0v) is 24.0. The lowest BCUT2D eigenvalue weighted by Crippen LogP contribution is -2.41. The normalized spacial score (nSPS) is 28.1. The molecule has 2 heterocycles. The van der Waals surface area contributed by atoms with Crippen molar-refractivity contribution in [1.29, 1.82) is 0 Å². The molecule has 1 saturated carbocycles. The Hall–Kier alpha value is -1.31. The summed E-state index contributed by atoms with van der Waals surface area (Å²) < 4.78 is 12.1. The van der Waals surface area contributed by atoms with E-state index in [-0.39, 0.29) is 38.1 Å². The van der Waals surface area contributed by atoms with Gasteiger partial charge in [-0.25, -0.2) is 0 Å². The van der Waals surface area contributed by atoms with Crippen molar-refractivity contribution in [2.75, 3.05) is 6.54 Å². The zero-order valence-electron chi connectivity index (χ0n) is 24.0. The molecule has 0 spiro atoms. The molecule has 2 aliphatic heterocycles. The molecular formula is C27H53B2NO8. The average molecular weight is 541 g/mol. The monoisotopic (exact) mass is 541 g/mol. The van der Waals surface area contributed by atoms with E-state index >= 15 is 0 Å². The molecule has 5 atom stereocenters. The van der Waals surface area contributed by atoms with Gasteiger partial charge in [0, 0.05) is 6.04 Å². The molecule has 3 N–H and O–H groups in total. The van der Waals surface area contributed by atoms with Gasteiger partial charge >= 0.3 is 26.5 Å². The Labute approximate surface area is 231 Å². The van der Waals surface area contributed by atoms with Crippen LogP contribution in [-0.2, 0) is 28.5 Å². The maximum absolute atomic E-state index is 8.62. The topological polar surface area (TPSA) is 139 Å². The third-order valence-electron chi connectivity index (χ3n) is 8.12. The first-order chi connectivity index (χ1) is 17.2. The molecule has 38 heavy (non-hydrogen) atoms. The quantitative estimate of drug-likeness (QED) is 0.385. The van der Waals surface area contributed by atoms with Crippen molar-refractivity contribution < 1.29 is 38.5 Å². The minimum Gasteiger partial charge on any atom is -0.427 e. The Morgan fingerprint density at radius 3 is 1.82 bits per heavy atom. The lowest BCUT2D eigenvalue weighted by Gasteiger charge is -2.32. The Morgan fingerprint density at radius 2 is 1.42 bits per heavy atom. The van der Waals surface area contributed by atoms with Crippen LogP contribution in [-0.4, -0.2) is 60.4 Å². The summed E-state index contributed by atoms with van der Waals surface area (Å²) in [4.78, 5) is 32.5. The van der Waals surface area contributed by atoms with Gasteiger partial charge in [0.05, 0.1) is 11.2 Å². The largest absolute Gasteiger partial charge is 0.457 e. The van der Waals surface area contributed by atoms with Crippen LogP contribution in [0.25, 0.3) is 0 Å². The Bertz CT molecular complexity index is 667. The van der Waals surface area contributed by atoms with E-state index < -0.39 is 7.12 Å². The van der Waals surface area contributed by atoms with Gasteiger partial charge in [-0.15, -0.1) is 0 Å². The van der Waals surface area contributed by atoms with Crippen molar-refractivity contribution in [1.82, 2.24) is 5.32 Å². The minimum absolute atomic E-state index is 0. The molecular weight excluding hydrogens is 488 g/mol. The number of hydrogen-bond acceptors (Lipinski definition) is 9. The predicted octanol–water partition coefficient (Wildman–Crippen LogP) is 4.25. The van der Waals surface area contributed by atoms with Gasteiger partial charge in [0.15, 0.2) is 0 Å². The fraction of sp³-hybridized carbons (Fsp3) is 0.926. The second-order valence-electron chi connectivity index (χ2n) is 11.9. The summed E-state index contributed by atoms with van der Waals surface area (Å²) in [5.41, 5.74) is -0.348. The molecule has 1 aliphatic carbocycles. The van der Waals surface area contributed by atoms with E-state index in [1.807, 2.05) is 0 Å². The van der Waals surface area contributed by atoms with E-state index in [2.05, 4.69) is 53.8 Å². The van der Waals surface area contributed by atoms with Gasteiger partial charge in [0.1, 0.15) is 0 Å². The summed E-state index contributed by atoms with van der Waals surface area (Å²) in [6.45, 7) is 16.6. The molecule has 220 valence electrons. The van der Waals surface area contributed by atoms with Crippen LogP contribution >= 0.6 is 0 Å². The lowest BCUT2D eigenvalue weighted by atomic mass is 9.80. The molecule has 0 amide bonds. The van der Waals surface area contributed by atoms with Crippen LogP contribution < -0.4 is 5.32 Å². The van der Waals surface area contributed by atoms with Gasteiger partial charge in [-0.1, -0.05) is 40.5 Å². The highest BCUT2D eigenvalue weighted by Crippen LogP contribution is 2.41. The third kappa shape index (κ3) is 15.3. The highest BCUT2D eigenvalue weighted by molar-refractivity contribution is 6.45. The summed E-state index contributed by atoms with van der Waals surface area (Å²) in [6.07, 6.45) is 10.8. The molecule has 0 aromatic carbocycles. The molecule has 0 bridgehead atoms. The van der Waals surface area contributed by atoms with Gasteiger partial charge in [-0.3, -0.25) is 0 Å². The molecule has 3 aliphatic rings. The van der Waals surface area contributed by atoms with E-state index in [0.717, 1.165) is 49.4 Å². The zero-order chi connectivity index (χ0) is 28.6. The van der Waals surface area contributed by atoms with Crippen LogP contribution in [0.2, 0.25) is 12.6 Å². The van der Waals surface area contributed by atoms with Crippen LogP contribution in [0, 0.1) is 23.7 Å². The first kappa shape index (κ1) is 38.8. The Kier molecular flexibility index (Phi) is 20.1. The van der Waals surface area contributed by atoms with E-state index in [0.29, 0.717) is 12.4 Å². The summed E-state index contributed by atoms with van der Waals surface area (Å²) in [6, 6.07) is 0.647. The molecule has 9 nitrogen and oxygen atoms in total. The van der Waals surface area contributed by atoms with Crippen LogP contribution in [0.4, 0.5) is 0 Å². The van der Waals surface area contributed by atoms with Crippen molar-refractivity contribution in [3.63, 3.8) is 0 Å². The first-order valence-corrected chi connectivity index (χ1v) is 13.7. The van der Waals surface area contributed by atoms with Gasteiger partial charge in [-0.05, 0) is 103 Å². The van der Waals surface area contributed by atoms with Gasteiger partial charge in [0.25, 0.3) is 0 Å². The third-order valence-corrected chi connectivity index (χ3v) is 8.12. The molecule has 2 saturated heterocycles. The summed E-state index contributed by atoms with van der Waals surface area (Å²) in [5, 5.41) is 20.6. The second kappa shape index (κ2) is 19.7. The van der Waals surface area contributed by atoms with E-state index in [1.165, 1.54) is 32.1 Å². The second-order valence-corrected chi connectivity index (χ2v) is 11.9. The summed E-state index contributed by atoms with van der Waals surface area (Å²) in [7, 11) is -1.11. The number of carbonyl (C=O) groups excluding carboxylic acids is 4. The highest BCUT2D eigenvalue weighted by Gasteiger charge is 2.50. The summed E-state index contributed by atoms with van der Waals surface area (Å²) in [5.74, 6) is 3.52. The van der Waals surface area contributed by atoms with Crippen LogP contribution in [0.15, 0.2) is 0 Å². The fourth-order valence-corrected chi connectivity index (χ4v) is 5.55. The van der Waals surface area contributed by atoms with Gasteiger partial charge in [-0.2, -0.15) is 19.2 Å². The van der Waals surface area contributed by atoms with E-state index in [4.69, 9.17) is 38.5 Å². The summed E-state index contributed by atoms with van der Waals surface area (Å²) >= 11 is 0.